The molecule has 0 aliphatic carbocycles. The number of nitrogens with zero attached hydrogens (tertiary/aromatic N) is 2. The number of fused-ring (bicyclic) bond motifs is 1. The van der Waals surface area contributed by atoms with Gasteiger partial charge in [-0.1, -0.05) is 42.5 Å². The fraction of sp³-hybridized carbons (Fsp3) is 0.182. The highest BCUT2D eigenvalue weighted by molar-refractivity contribution is 6.08. The number of benzene rings is 3. The van der Waals surface area contributed by atoms with E-state index < -0.39 is 10.8 Å². The fourth-order valence-corrected chi connectivity index (χ4v) is 3.65. The maximum atomic E-state index is 12.8. The second kappa shape index (κ2) is 7.35. The first-order chi connectivity index (χ1) is 13.9. The van der Waals surface area contributed by atoms with Crippen LogP contribution in [0.4, 0.5) is 17.1 Å². The summed E-state index contributed by atoms with van der Waals surface area (Å²) in [6.07, 6.45) is 0.100. The summed E-state index contributed by atoms with van der Waals surface area (Å²) in [6, 6.07) is 17.9. The van der Waals surface area contributed by atoms with E-state index in [1.807, 2.05) is 42.5 Å². The zero-order valence-corrected chi connectivity index (χ0v) is 15.8. The summed E-state index contributed by atoms with van der Waals surface area (Å²) in [7, 11) is 0. The molecule has 1 N–H and O–H groups in total. The molecule has 0 bridgehead atoms. The molecular formula is C22H19N3O4. The molecular weight excluding hydrogens is 370 g/mol. The van der Waals surface area contributed by atoms with Gasteiger partial charge in [0.2, 0.25) is 11.8 Å². The van der Waals surface area contributed by atoms with Crippen LogP contribution in [0.2, 0.25) is 0 Å². The lowest BCUT2D eigenvalue weighted by molar-refractivity contribution is -0.384. The van der Waals surface area contributed by atoms with Gasteiger partial charge in [-0.05, 0) is 23.9 Å². The van der Waals surface area contributed by atoms with Gasteiger partial charge in [-0.2, -0.15) is 0 Å². The molecule has 0 radical (unpaired) electrons. The molecule has 2 amide bonds. The van der Waals surface area contributed by atoms with E-state index in [1.54, 1.807) is 17.9 Å². The van der Waals surface area contributed by atoms with Crippen LogP contribution in [0.3, 0.4) is 0 Å². The second-order valence-electron chi connectivity index (χ2n) is 7.15. The Labute approximate surface area is 167 Å². The van der Waals surface area contributed by atoms with Crippen molar-refractivity contribution in [1.82, 2.24) is 0 Å². The van der Waals surface area contributed by atoms with Crippen molar-refractivity contribution in [3.05, 3.63) is 76.3 Å². The van der Waals surface area contributed by atoms with Crippen LogP contribution in [-0.2, 0) is 9.59 Å². The number of carbonyl (C=O) groups is 2. The van der Waals surface area contributed by atoms with Gasteiger partial charge in [-0.3, -0.25) is 19.7 Å². The first-order valence-electron chi connectivity index (χ1n) is 9.28. The third-order valence-corrected chi connectivity index (χ3v) is 5.24. The van der Waals surface area contributed by atoms with Gasteiger partial charge < -0.3 is 10.2 Å². The lowest BCUT2D eigenvalue weighted by atomic mass is 10.1. The molecule has 1 atom stereocenters. The number of non-ortho nitro benzene ring substituents is 1. The minimum Gasteiger partial charge on any atom is -0.325 e. The summed E-state index contributed by atoms with van der Waals surface area (Å²) >= 11 is 0. The van der Waals surface area contributed by atoms with Crippen LogP contribution in [0.25, 0.3) is 10.8 Å². The number of amides is 2. The number of nitro groups is 1. The van der Waals surface area contributed by atoms with Gasteiger partial charge in [0.15, 0.2) is 0 Å². The van der Waals surface area contributed by atoms with E-state index in [4.69, 9.17) is 0 Å². The Hall–Kier alpha value is -3.74. The zero-order valence-electron chi connectivity index (χ0n) is 15.8. The Balaban J connectivity index is 1.56. The van der Waals surface area contributed by atoms with E-state index in [0.717, 1.165) is 22.0 Å². The molecule has 1 aliphatic heterocycles. The Kier molecular flexibility index (Phi) is 4.72. The van der Waals surface area contributed by atoms with Crippen LogP contribution < -0.4 is 10.2 Å². The van der Waals surface area contributed by atoms with E-state index in [1.165, 1.54) is 12.1 Å². The summed E-state index contributed by atoms with van der Waals surface area (Å²) in [6.45, 7) is 2.04. The number of hydrogen-bond donors (Lipinski definition) is 1. The number of anilines is 2. The number of nitro benzene ring substituents is 1. The smallest absolute Gasteiger partial charge is 0.271 e. The minimum atomic E-state index is -0.528. The lowest BCUT2D eigenvalue weighted by Crippen LogP contribution is -2.28. The molecule has 146 valence electrons. The summed E-state index contributed by atoms with van der Waals surface area (Å²) in [5.74, 6) is -0.956. The van der Waals surface area contributed by atoms with Gasteiger partial charge in [-0.25, -0.2) is 0 Å². The number of aryl methyl sites for hydroxylation is 1. The molecule has 4 rings (SSSR count). The number of hydrogen-bond acceptors (Lipinski definition) is 4. The topological polar surface area (TPSA) is 92.5 Å². The van der Waals surface area contributed by atoms with E-state index >= 15 is 0 Å². The quantitative estimate of drug-likeness (QED) is 0.538. The molecule has 7 nitrogen and oxygen atoms in total. The Bertz CT molecular complexity index is 1140. The van der Waals surface area contributed by atoms with Gasteiger partial charge in [0.05, 0.1) is 22.2 Å². The van der Waals surface area contributed by atoms with Crippen LogP contribution in [-0.4, -0.2) is 23.3 Å². The lowest BCUT2D eigenvalue weighted by Gasteiger charge is -2.19. The highest BCUT2D eigenvalue weighted by Crippen LogP contribution is 2.32. The van der Waals surface area contributed by atoms with Crippen molar-refractivity contribution in [2.24, 2.45) is 5.92 Å². The molecule has 7 heteroatoms. The summed E-state index contributed by atoms with van der Waals surface area (Å²) < 4.78 is 0. The molecule has 1 heterocycles. The Morgan fingerprint density at radius 1 is 1.14 bits per heavy atom. The zero-order chi connectivity index (χ0) is 20.5. The first-order valence-corrected chi connectivity index (χ1v) is 9.28. The van der Waals surface area contributed by atoms with Crippen molar-refractivity contribution >= 4 is 39.6 Å². The molecule has 0 spiro atoms. The summed E-state index contributed by atoms with van der Waals surface area (Å²) in [4.78, 5) is 37.6. The predicted molar refractivity (Wildman–Crippen MR) is 111 cm³/mol. The Morgan fingerprint density at radius 3 is 2.69 bits per heavy atom. The number of carbonyl (C=O) groups excluding carboxylic acids is 2. The second-order valence-corrected chi connectivity index (χ2v) is 7.15. The van der Waals surface area contributed by atoms with Crippen LogP contribution in [0.15, 0.2) is 60.7 Å². The van der Waals surface area contributed by atoms with E-state index in [0.29, 0.717) is 5.69 Å². The van der Waals surface area contributed by atoms with Crippen molar-refractivity contribution in [1.29, 1.82) is 0 Å². The monoisotopic (exact) mass is 389 g/mol. The maximum Gasteiger partial charge on any atom is 0.271 e. The summed E-state index contributed by atoms with van der Waals surface area (Å²) in [5.41, 5.74) is 1.81. The van der Waals surface area contributed by atoms with Crippen molar-refractivity contribution < 1.29 is 14.5 Å². The molecule has 0 aromatic heterocycles. The van der Waals surface area contributed by atoms with Gasteiger partial charge in [0.1, 0.15) is 0 Å². The third kappa shape index (κ3) is 3.54. The average Bonchev–Trinajstić information content (AvgIpc) is 3.10. The Morgan fingerprint density at radius 2 is 1.90 bits per heavy atom. The highest BCUT2D eigenvalue weighted by Gasteiger charge is 2.36. The highest BCUT2D eigenvalue weighted by atomic mass is 16.6. The molecule has 3 aromatic carbocycles. The average molecular weight is 389 g/mol. The summed E-state index contributed by atoms with van der Waals surface area (Å²) in [5, 5.41) is 15.7. The van der Waals surface area contributed by atoms with Gasteiger partial charge in [0.25, 0.3) is 5.69 Å². The maximum absolute atomic E-state index is 12.8. The van der Waals surface area contributed by atoms with Crippen molar-refractivity contribution in [2.75, 3.05) is 16.8 Å². The molecule has 1 fully saturated rings. The van der Waals surface area contributed by atoms with Gasteiger partial charge in [0, 0.05) is 30.5 Å². The molecule has 29 heavy (non-hydrogen) atoms. The first kappa shape index (κ1) is 18.6. The van der Waals surface area contributed by atoms with E-state index in [9.17, 15) is 19.7 Å². The standard InChI is InChI=1S/C22H19N3O4/c1-14-9-10-17(25(28)29)12-19(14)23-22(27)16-11-21(26)24(13-16)20-8-4-6-15-5-2-3-7-18(15)20/h2-10,12,16H,11,13H2,1H3,(H,23,27). The van der Waals surface area contributed by atoms with Gasteiger partial charge in [-0.15, -0.1) is 0 Å². The van der Waals surface area contributed by atoms with Crippen molar-refractivity contribution in [3.63, 3.8) is 0 Å². The van der Waals surface area contributed by atoms with Crippen LogP contribution in [0.1, 0.15) is 12.0 Å². The molecule has 0 saturated carbocycles. The van der Waals surface area contributed by atoms with Crippen LogP contribution >= 0.6 is 0 Å². The SMILES string of the molecule is Cc1ccc([N+](=O)[O-])cc1NC(=O)C1CC(=O)N(c2cccc3ccccc23)C1. The normalized spacial score (nSPS) is 16.2. The van der Waals surface area contributed by atoms with E-state index in [-0.39, 0.29) is 30.5 Å². The molecule has 1 unspecified atom stereocenters. The molecule has 1 aliphatic rings. The molecule has 3 aromatic rings. The number of rotatable bonds is 4. The van der Waals surface area contributed by atoms with Gasteiger partial charge >= 0.3 is 0 Å². The van der Waals surface area contributed by atoms with Crippen molar-refractivity contribution in [2.45, 2.75) is 13.3 Å². The van der Waals surface area contributed by atoms with Crippen LogP contribution in [0.5, 0.6) is 0 Å². The fourth-order valence-electron chi connectivity index (χ4n) is 3.65. The molecule has 1 saturated heterocycles. The largest absolute Gasteiger partial charge is 0.325 e. The third-order valence-electron chi connectivity index (χ3n) is 5.24. The number of nitrogens with one attached hydrogen (secondary N) is 1. The minimum absolute atomic E-state index is 0.0919. The van der Waals surface area contributed by atoms with Crippen molar-refractivity contribution in [3.8, 4) is 0 Å². The van der Waals surface area contributed by atoms with Crippen LogP contribution in [0, 0.1) is 23.0 Å². The van der Waals surface area contributed by atoms with E-state index in [2.05, 4.69) is 5.32 Å². The predicted octanol–water partition coefficient (Wildman–Crippen LogP) is 4.05.